The molecule has 0 spiro atoms. The van der Waals surface area contributed by atoms with Crippen LogP contribution in [0.4, 0.5) is 5.82 Å². The largest absolute Gasteiger partial charge is 0.384 e. The van der Waals surface area contributed by atoms with E-state index in [1.54, 1.807) is 24.4 Å². The maximum Gasteiger partial charge on any atom is 0.228 e. The number of pyridine rings is 1. The Balaban J connectivity index is 1.41. The van der Waals surface area contributed by atoms with Gasteiger partial charge >= 0.3 is 0 Å². The van der Waals surface area contributed by atoms with Crippen molar-refractivity contribution in [3.8, 4) is 6.07 Å². The topological polar surface area (TPSA) is 106 Å². The summed E-state index contributed by atoms with van der Waals surface area (Å²) in [6.07, 6.45) is 1.60. The normalized spacial score (nSPS) is 27.6. The van der Waals surface area contributed by atoms with Crippen molar-refractivity contribution in [2.45, 2.75) is 25.4 Å². The number of benzene rings is 1. The molecule has 2 aliphatic rings. The van der Waals surface area contributed by atoms with Gasteiger partial charge < -0.3 is 14.9 Å². The summed E-state index contributed by atoms with van der Waals surface area (Å²) in [4.78, 5) is 22.5. The summed E-state index contributed by atoms with van der Waals surface area (Å²) in [7, 11) is 0. The van der Waals surface area contributed by atoms with Gasteiger partial charge in [-0.25, -0.2) is 0 Å². The van der Waals surface area contributed by atoms with Crippen LogP contribution in [0.1, 0.15) is 36.7 Å². The number of rotatable bonds is 4. The average molecular weight is 517 g/mol. The molecule has 0 saturated carbocycles. The number of halogens is 1. The number of piperidine rings is 1. The quantitative estimate of drug-likeness (QED) is 0.564. The van der Waals surface area contributed by atoms with Gasteiger partial charge in [0, 0.05) is 55.8 Å². The van der Waals surface area contributed by atoms with Crippen molar-refractivity contribution < 1.29 is 9.90 Å². The number of hydrogen-bond donors (Lipinski definition) is 1. The van der Waals surface area contributed by atoms with E-state index in [9.17, 15) is 9.90 Å². The molecule has 190 valence electrons. The molecule has 0 aliphatic carbocycles. The maximum atomic E-state index is 14.1. The Hall–Kier alpha value is -3.54. The molecule has 2 aromatic heterocycles. The molecule has 4 heterocycles. The fraction of sp³-hybridized carbons (Fsp3) is 0.393. The average Bonchev–Trinajstić information content (AvgIpc) is 3.37. The van der Waals surface area contributed by atoms with Crippen LogP contribution in [0.15, 0.2) is 60.8 Å². The van der Waals surface area contributed by atoms with Gasteiger partial charge in [0.25, 0.3) is 0 Å². The minimum absolute atomic E-state index is 0.0414. The van der Waals surface area contributed by atoms with Gasteiger partial charge in [-0.15, -0.1) is 10.2 Å². The van der Waals surface area contributed by atoms with E-state index in [4.69, 9.17) is 16.9 Å². The van der Waals surface area contributed by atoms with E-state index in [0.717, 1.165) is 11.3 Å². The number of carbonyl (C=O) groups is 1. The zero-order valence-electron chi connectivity index (χ0n) is 20.8. The molecule has 8 nitrogen and oxygen atoms in total. The first-order chi connectivity index (χ1) is 17.8. The number of anilines is 1. The van der Waals surface area contributed by atoms with Crippen LogP contribution in [-0.4, -0.2) is 57.3 Å². The highest BCUT2D eigenvalue weighted by Crippen LogP contribution is 2.43. The standard InChI is InChI=1S/C28H29ClN6O2/c1-18-14-35(15-19(2)28(18,37)20-6-4-3-5-7-20)27(36)24-17-34(26-11-9-22(12-30)32-33-26)16-23(24)25-10-8-21(29)13-31-25/h3-11,13,18-19,23-24,37H,14-17H2,1-2H3. The molecule has 2 aliphatic heterocycles. The lowest BCUT2D eigenvalue weighted by Crippen LogP contribution is -2.57. The molecule has 0 radical (unpaired) electrons. The monoisotopic (exact) mass is 516 g/mol. The second-order valence-electron chi connectivity index (χ2n) is 10.1. The summed E-state index contributed by atoms with van der Waals surface area (Å²) in [6.45, 7) is 5.93. The Kier molecular flexibility index (Phi) is 6.84. The lowest BCUT2D eigenvalue weighted by atomic mass is 9.70. The molecular formula is C28H29ClN6O2. The molecule has 1 N–H and O–H groups in total. The smallest absolute Gasteiger partial charge is 0.228 e. The van der Waals surface area contributed by atoms with Crippen molar-refractivity contribution >= 4 is 23.3 Å². The Morgan fingerprint density at radius 2 is 1.76 bits per heavy atom. The Bertz CT molecular complexity index is 1280. The van der Waals surface area contributed by atoms with Gasteiger partial charge in [0.05, 0.1) is 16.5 Å². The number of aromatic nitrogens is 3. The first-order valence-corrected chi connectivity index (χ1v) is 12.9. The number of likely N-dealkylation sites (tertiary alicyclic amines) is 1. The molecule has 5 rings (SSSR count). The van der Waals surface area contributed by atoms with Crippen LogP contribution < -0.4 is 4.90 Å². The van der Waals surface area contributed by atoms with Crippen LogP contribution >= 0.6 is 11.6 Å². The second-order valence-corrected chi connectivity index (χ2v) is 10.6. The molecular weight excluding hydrogens is 488 g/mol. The van der Waals surface area contributed by atoms with Gasteiger partial charge in [0.15, 0.2) is 11.5 Å². The van der Waals surface area contributed by atoms with E-state index >= 15 is 0 Å². The van der Waals surface area contributed by atoms with Gasteiger partial charge in [0.1, 0.15) is 6.07 Å². The van der Waals surface area contributed by atoms with Gasteiger partial charge in [-0.2, -0.15) is 5.26 Å². The van der Waals surface area contributed by atoms with Gasteiger partial charge in [0.2, 0.25) is 5.91 Å². The predicted octanol–water partition coefficient (Wildman–Crippen LogP) is 3.62. The van der Waals surface area contributed by atoms with Crippen molar-refractivity contribution in [1.29, 1.82) is 5.26 Å². The predicted molar refractivity (Wildman–Crippen MR) is 140 cm³/mol. The fourth-order valence-electron chi connectivity index (χ4n) is 5.89. The van der Waals surface area contributed by atoms with E-state index < -0.39 is 5.60 Å². The molecule has 37 heavy (non-hydrogen) atoms. The Labute approximate surface area is 221 Å². The Morgan fingerprint density at radius 3 is 2.35 bits per heavy atom. The number of hydrogen-bond acceptors (Lipinski definition) is 7. The van der Waals surface area contributed by atoms with E-state index in [2.05, 4.69) is 15.2 Å². The van der Waals surface area contributed by atoms with Gasteiger partial charge in [-0.3, -0.25) is 9.78 Å². The summed E-state index contributed by atoms with van der Waals surface area (Å²) < 4.78 is 0. The van der Waals surface area contributed by atoms with E-state index in [-0.39, 0.29) is 35.3 Å². The number of nitriles is 1. The number of carbonyl (C=O) groups excluding carboxylic acids is 1. The first kappa shape index (κ1) is 25.1. The van der Waals surface area contributed by atoms with E-state index in [1.165, 1.54) is 0 Å². The van der Waals surface area contributed by atoms with Crippen LogP contribution in [0.5, 0.6) is 0 Å². The SMILES string of the molecule is CC1CN(C(=O)C2CN(c3ccc(C#N)nn3)CC2c2ccc(Cl)cn2)CC(C)C1(O)c1ccccc1. The van der Waals surface area contributed by atoms with Gasteiger partial charge in [-0.1, -0.05) is 55.8 Å². The first-order valence-electron chi connectivity index (χ1n) is 12.5. The van der Waals surface area contributed by atoms with Crippen molar-refractivity contribution in [3.05, 3.63) is 82.8 Å². The van der Waals surface area contributed by atoms with Crippen LogP contribution in [0, 0.1) is 29.1 Å². The molecule has 1 amide bonds. The van der Waals surface area contributed by atoms with E-state index in [1.807, 2.05) is 66.1 Å². The fourth-order valence-corrected chi connectivity index (χ4v) is 6.00. The maximum absolute atomic E-state index is 14.1. The van der Waals surface area contributed by atoms with Crippen molar-refractivity contribution in [2.75, 3.05) is 31.1 Å². The molecule has 1 aromatic carbocycles. The molecule has 4 unspecified atom stereocenters. The van der Waals surface area contributed by atoms with Crippen LogP contribution in [0.2, 0.25) is 5.02 Å². The molecule has 2 saturated heterocycles. The third-order valence-corrected chi connectivity index (χ3v) is 8.12. The molecule has 9 heteroatoms. The zero-order chi connectivity index (χ0) is 26.2. The molecule has 0 bridgehead atoms. The third kappa shape index (κ3) is 4.65. The molecule has 3 aromatic rings. The lowest BCUT2D eigenvalue weighted by molar-refractivity contribution is -0.152. The highest BCUT2D eigenvalue weighted by atomic mass is 35.5. The number of amides is 1. The third-order valence-electron chi connectivity index (χ3n) is 7.90. The summed E-state index contributed by atoms with van der Waals surface area (Å²) in [5, 5.41) is 29.5. The van der Waals surface area contributed by atoms with Crippen LogP contribution in [-0.2, 0) is 10.4 Å². The zero-order valence-corrected chi connectivity index (χ0v) is 21.6. The van der Waals surface area contributed by atoms with E-state index in [0.29, 0.717) is 37.0 Å². The second kappa shape index (κ2) is 10.1. The van der Waals surface area contributed by atoms with Crippen LogP contribution in [0.3, 0.4) is 0 Å². The highest BCUT2D eigenvalue weighted by Gasteiger charge is 2.49. The molecule has 2 fully saturated rings. The van der Waals surface area contributed by atoms with Crippen molar-refractivity contribution in [3.63, 3.8) is 0 Å². The summed E-state index contributed by atoms with van der Waals surface area (Å²) in [5.74, 6) is -0.142. The van der Waals surface area contributed by atoms with Gasteiger partial charge in [-0.05, 0) is 29.8 Å². The number of nitrogens with zero attached hydrogens (tertiary/aromatic N) is 6. The Morgan fingerprint density at radius 1 is 1.03 bits per heavy atom. The minimum atomic E-state index is -1.00. The summed E-state index contributed by atoms with van der Waals surface area (Å²) in [5.41, 5.74) is 0.922. The highest BCUT2D eigenvalue weighted by molar-refractivity contribution is 6.30. The van der Waals surface area contributed by atoms with Crippen molar-refractivity contribution in [1.82, 2.24) is 20.1 Å². The minimum Gasteiger partial charge on any atom is -0.384 e. The summed E-state index contributed by atoms with van der Waals surface area (Å²) in [6, 6.07) is 18.8. The van der Waals surface area contributed by atoms with Crippen molar-refractivity contribution in [2.24, 2.45) is 17.8 Å². The van der Waals surface area contributed by atoms with Crippen LogP contribution in [0.25, 0.3) is 0 Å². The molecule has 4 atom stereocenters. The summed E-state index contributed by atoms with van der Waals surface area (Å²) >= 11 is 6.09. The number of aliphatic hydroxyl groups is 1. The lowest BCUT2D eigenvalue weighted by Gasteiger charge is -2.48.